The number of hydrazone groups is 1. The molecule has 0 aliphatic carbocycles. The fourth-order valence-corrected chi connectivity index (χ4v) is 4.21. The van der Waals surface area contributed by atoms with Gasteiger partial charge in [-0.3, -0.25) is 9.10 Å². The van der Waals surface area contributed by atoms with E-state index in [4.69, 9.17) is 0 Å². The number of nitrogens with one attached hydrogen (secondary N) is 1. The molecule has 3 rings (SSSR count). The highest BCUT2D eigenvalue weighted by molar-refractivity contribution is 7.92. The Hall–Kier alpha value is -3.46. The summed E-state index contributed by atoms with van der Waals surface area (Å²) < 4.78 is 40.5. The Morgan fingerprint density at radius 1 is 1.09 bits per heavy atom. The van der Waals surface area contributed by atoms with Crippen molar-refractivity contribution in [1.29, 1.82) is 0 Å². The van der Waals surface area contributed by atoms with Crippen LogP contribution >= 0.6 is 0 Å². The van der Waals surface area contributed by atoms with E-state index < -0.39 is 22.5 Å². The molecule has 0 spiro atoms. The Kier molecular flexibility index (Phi) is 6.78. The molecule has 0 radical (unpaired) electrons. The highest BCUT2D eigenvalue weighted by Crippen LogP contribution is 2.20. The molecule has 9 heteroatoms. The molecule has 1 aromatic heterocycles. The number of sulfonamides is 1. The third kappa shape index (κ3) is 5.42. The molecule has 32 heavy (non-hydrogen) atoms. The molecule has 0 aliphatic heterocycles. The summed E-state index contributed by atoms with van der Waals surface area (Å²) in [4.78, 5) is 12.4. The predicted molar refractivity (Wildman–Crippen MR) is 124 cm³/mol. The van der Waals surface area contributed by atoms with E-state index in [1.165, 1.54) is 18.3 Å². The lowest BCUT2D eigenvalue weighted by Gasteiger charge is -2.21. The summed E-state index contributed by atoms with van der Waals surface area (Å²) in [7, 11) is -3.66. The number of aryl methyl sites for hydroxylation is 2. The summed E-state index contributed by atoms with van der Waals surface area (Å²) in [5.74, 6) is -0.880. The lowest BCUT2D eigenvalue weighted by Crippen LogP contribution is -2.39. The van der Waals surface area contributed by atoms with Crippen LogP contribution in [0.4, 0.5) is 10.1 Å². The molecule has 3 aromatic rings. The SMILES string of the molecule is Cc1ccc(N(CC(=O)N/N=C\c2cc(C)n(-c3ccc(F)cc3)c2C)S(C)(=O)=O)cc1. The minimum atomic E-state index is -3.66. The van der Waals surface area contributed by atoms with Gasteiger partial charge < -0.3 is 4.57 Å². The average Bonchev–Trinajstić information content (AvgIpc) is 3.00. The third-order valence-electron chi connectivity index (χ3n) is 4.96. The molecule has 1 heterocycles. The number of carbonyl (C=O) groups excluding carboxylic acids is 1. The molecule has 0 unspecified atom stereocenters. The van der Waals surface area contributed by atoms with Crippen LogP contribution in [0.3, 0.4) is 0 Å². The molecule has 7 nitrogen and oxygen atoms in total. The number of anilines is 1. The van der Waals surface area contributed by atoms with Gasteiger partial charge in [-0.1, -0.05) is 17.7 Å². The topological polar surface area (TPSA) is 83.8 Å². The van der Waals surface area contributed by atoms with E-state index in [0.717, 1.165) is 38.8 Å². The van der Waals surface area contributed by atoms with Crippen LogP contribution in [0.1, 0.15) is 22.5 Å². The van der Waals surface area contributed by atoms with Crippen molar-refractivity contribution in [2.24, 2.45) is 5.10 Å². The van der Waals surface area contributed by atoms with Gasteiger partial charge in [0.2, 0.25) is 10.0 Å². The molecule has 0 saturated carbocycles. The van der Waals surface area contributed by atoms with Crippen LogP contribution in [0.2, 0.25) is 0 Å². The number of halogens is 1. The summed E-state index contributed by atoms with van der Waals surface area (Å²) in [6.07, 6.45) is 2.55. The van der Waals surface area contributed by atoms with Crippen LogP contribution in [-0.2, 0) is 14.8 Å². The van der Waals surface area contributed by atoms with Gasteiger partial charge in [0.05, 0.1) is 18.2 Å². The van der Waals surface area contributed by atoms with Gasteiger partial charge in [0, 0.05) is 22.6 Å². The molecular formula is C23H25FN4O3S. The van der Waals surface area contributed by atoms with Crippen molar-refractivity contribution in [2.75, 3.05) is 17.1 Å². The van der Waals surface area contributed by atoms with E-state index in [1.54, 1.807) is 36.4 Å². The van der Waals surface area contributed by atoms with Gasteiger partial charge in [-0.25, -0.2) is 18.2 Å². The third-order valence-corrected chi connectivity index (χ3v) is 6.10. The van der Waals surface area contributed by atoms with Crippen LogP contribution in [-0.4, -0.2) is 37.9 Å². The predicted octanol–water partition coefficient (Wildman–Crippen LogP) is 3.46. The van der Waals surface area contributed by atoms with Crippen molar-refractivity contribution in [3.63, 3.8) is 0 Å². The number of hydrogen-bond donors (Lipinski definition) is 1. The van der Waals surface area contributed by atoms with Crippen molar-refractivity contribution in [3.8, 4) is 5.69 Å². The molecule has 0 atom stereocenters. The van der Waals surface area contributed by atoms with Gasteiger partial charge in [-0.15, -0.1) is 0 Å². The Labute approximate surface area is 187 Å². The van der Waals surface area contributed by atoms with E-state index in [-0.39, 0.29) is 5.82 Å². The minimum Gasteiger partial charge on any atom is -0.318 e. The maximum Gasteiger partial charge on any atom is 0.260 e. The summed E-state index contributed by atoms with van der Waals surface area (Å²) in [5, 5.41) is 3.99. The number of aromatic nitrogens is 1. The van der Waals surface area contributed by atoms with Gasteiger partial charge >= 0.3 is 0 Å². The zero-order valence-electron chi connectivity index (χ0n) is 18.3. The quantitative estimate of drug-likeness (QED) is 0.437. The number of hydrogen-bond acceptors (Lipinski definition) is 4. The van der Waals surface area contributed by atoms with Gasteiger partial charge in [0.15, 0.2) is 0 Å². The first-order valence-electron chi connectivity index (χ1n) is 9.87. The zero-order chi connectivity index (χ0) is 23.5. The van der Waals surface area contributed by atoms with Crippen LogP contribution < -0.4 is 9.73 Å². The molecule has 0 bridgehead atoms. The number of rotatable bonds is 7. The molecular weight excluding hydrogens is 431 g/mol. The van der Waals surface area contributed by atoms with Gasteiger partial charge in [-0.05, 0) is 63.2 Å². The van der Waals surface area contributed by atoms with Crippen molar-refractivity contribution >= 4 is 27.8 Å². The summed E-state index contributed by atoms with van der Waals surface area (Å²) >= 11 is 0. The highest BCUT2D eigenvalue weighted by atomic mass is 32.2. The van der Waals surface area contributed by atoms with Crippen molar-refractivity contribution in [3.05, 3.63) is 82.9 Å². The Morgan fingerprint density at radius 2 is 1.72 bits per heavy atom. The minimum absolute atomic E-state index is 0.311. The van der Waals surface area contributed by atoms with Crippen LogP contribution in [0, 0.1) is 26.6 Å². The maximum absolute atomic E-state index is 13.2. The summed E-state index contributed by atoms with van der Waals surface area (Å²) in [5.41, 5.74) is 7.13. The molecule has 1 N–H and O–H groups in total. The van der Waals surface area contributed by atoms with E-state index in [0.29, 0.717) is 5.69 Å². The Morgan fingerprint density at radius 3 is 2.31 bits per heavy atom. The summed E-state index contributed by atoms with van der Waals surface area (Å²) in [6.45, 7) is 5.30. The number of nitrogens with zero attached hydrogens (tertiary/aromatic N) is 3. The molecule has 168 valence electrons. The van der Waals surface area contributed by atoms with Crippen molar-refractivity contribution in [1.82, 2.24) is 9.99 Å². The zero-order valence-corrected chi connectivity index (χ0v) is 19.1. The standard InChI is InChI=1S/C23H25FN4O3S/c1-16-5-9-21(10-6-16)27(32(4,30)31)15-23(29)26-25-14-19-13-17(2)28(18(19)3)22-11-7-20(24)8-12-22/h5-14H,15H2,1-4H3,(H,26,29)/b25-14-. The monoisotopic (exact) mass is 456 g/mol. The first-order valence-corrected chi connectivity index (χ1v) is 11.7. The smallest absolute Gasteiger partial charge is 0.260 e. The van der Waals surface area contributed by atoms with Gasteiger partial charge in [0.1, 0.15) is 12.4 Å². The lowest BCUT2D eigenvalue weighted by molar-refractivity contribution is -0.119. The normalized spacial score (nSPS) is 11.7. The molecule has 1 amide bonds. The van der Waals surface area contributed by atoms with Crippen LogP contribution in [0.25, 0.3) is 5.69 Å². The van der Waals surface area contributed by atoms with E-state index in [9.17, 15) is 17.6 Å². The number of amides is 1. The molecule has 2 aromatic carbocycles. The number of benzene rings is 2. The fraction of sp³-hybridized carbons (Fsp3) is 0.217. The van der Waals surface area contributed by atoms with Gasteiger partial charge in [0.25, 0.3) is 5.91 Å². The largest absolute Gasteiger partial charge is 0.318 e. The Bertz CT molecular complexity index is 1250. The fourth-order valence-electron chi connectivity index (χ4n) is 3.36. The van der Waals surface area contributed by atoms with E-state index in [2.05, 4.69) is 10.5 Å². The molecule has 0 saturated heterocycles. The maximum atomic E-state index is 13.2. The van der Waals surface area contributed by atoms with E-state index >= 15 is 0 Å². The first kappa shape index (κ1) is 23.2. The lowest BCUT2D eigenvalue weighted by atomic mass is 10.2. The van der Waals surface area contributed by atoms with Crippen LogP contribution in [0.15, 0.2) is 59.7 Å². The van der Waals surface area contributed by atoms with Crippen molar-refractivity contribution in [2.45, 2.75) is 20.8 Å². The second-order valence-corrected chi connectivity index (χ2v) is 9.44. The highest BCUT2D eigenvalue weighted by Gasteiger charge is 2.20. The van der Waals surface area contributed by atoms with E-state index in [1.807, 2.05) is 31.4 Å². The molecule has 0 fully saturated rings. The van der Waals surface area contributed by atoms with Crippen molar-refractivity contribution < 1.29 is 17.6 Å². The Balaban J connectivity index is 1.73. The average molecular weight is 457 g/mol. The second kappa shape index (κ2) is 9.35. The summed E-state index contributed by atoms with van der Waals surface area (Å²) in [6, 6.07) is 14.9. The molecule has 0 aliphatic rings. The van der Waals surface area contributed by atoms with Gasteiger partial charge in [-0.2, -0.15) is 5.10 Å². The second-order valence-electron chi connectivity index (χ2n) is 7.54. The number of carbonyl (C=O) groups is 1. The first-order chi connectivity index (χ1) is 15.1. The van der Waals surface area contributed by atoms with Crippen LogP contribution in [0.5, 0.6) is 0 Å².